The van der Waals surface area contributed by atoms with Gasteiger partial charge in [-0.1, -0.05) is 18.2 Å². The van der Waals surface area contributed by atoms with Crippen LogP contribution >= 0.6 is 12.2 Å². The standard InChI is InChI=1S/C11H13N3S/c12-11(15)14-13-7-8-2-1-3-10(6-8)9-4-5-9/h1-3,6-7,9H,4-5H2,(H3,12,14,15). The van der Waals surface area contributed by atoms with Crippen LogP contribution in [0, 0.1) is 0 Å². The van der Waals surface area contributed by atoms with Crippen molar-refractivity contribution in [2.24, 2.45) is 10.8 Å². The summed E-state index contributed by atoms with van der Waals surface area (Å²) in [5.41, 5.74) is 10.3. The predicted octanol–water partition coefficient (Wildman–Crippen LogP) is 1.73. The van der Waals surface area contributed by atoms with Crippen LogP contribution < -0.4 is 11.2 Å². The second-order valence-electron chi connectivity index (χ2n) is 3.68. The summed E-state index contributed by atoms with van der Waals surface area (Å²) in [5, 5.41) is 4.11. The van der Waals surface area contributed by atoms with E-state index in [1.807, 2.05) is 6.07 Å². The highest BCUT2D eigenvalue weighted by Crippen LogP contribution is 2.39. The first-order valence-corrected chi connectivity index (χ1v) is 5.35. The van der Waals surface area contributed by atoms with Gasteiger partial charge in [-0.25, -0.2) is 0 Å². The lowest BCUT2D eigenvalue weighted by molar-refractivity contribution is 1.04. The molecule has 1 aliphatic carbocycles. The van der Waals surface area contributed by atoms with Gasteiger partial charge in [0.1, 0.15) is 0 Å². The first-order chi connectivity index (χ1) is 7.25. The summed E-state index contributed by atoms with van der Waals surface area (Å²) in [6.07, 6.45) is 4.35. The summed E-state index contributed by atoms with van der Waals surface area (Å²) < 4.78 is 0. The van der Waals surface area contributed by atoms with Gasteiger partial charge in [-0.05, 0) is 48.2 Å². The summed E-state index contributed by atoms with van der Waals surface area (Å²) >= 11 is 4.64. The van der Waals surface area contributed by atoms with Gasteiger partial charge in [0.2, 0.25) is 0 Å². The van der Waals surface area contributed by atoms with Crippen LogP contribution in [0.4, 0.5) is 0 Å². The molecule has 3 nitrogen and oxygen atoms in total. The smallest absolute Gasteiger partial charge is 0.184 e. The van der Waals surface area contributed by atoms with Gasteiger partial charge in [0.25, 0.3) is 0 Å². The Kier molecular flexibility index (Phi) is 2.97. The third-order valence-corrected chi connectivity index (χ3v) is 2.44. The summed E-state index contributed by atoms with van der Waals surface area (Å²) in [6.45, 7) is 0. The molecule has 1 fully saturated rings. The molecule has 2 rings (SSSR count). The van der Waals surface area contributed by atoms with E-state index in [9.17, 15) is 0 Å². The normalized spacial score (nSPS) is 15.5. The van der Waals surface area contributed by atoms with E-state index in [0.29, 0.717) is 0 Å². The van der Waals surface area contributed by atoms with E-state index in [4.69, 9.17) is 5.73 Å². The molecule has 0 unspecified atom stereocenters. The molecule has 1 aromatic carbocycles. The maximum atomic E-state index is 5.25. The molecule has 0 radical (unpaired) electrons. The van der Waals surface area contributed by atoms with Gasteiger partial charge in [0, 0.05) is 0 Å². The fraction of sp³-hybridized carbons (Fsp3) is 0.273. The lowest BCUT2D eigenvalue weighted by atomic mass is 10.1. The van der Waals surface area contributed by atoms with Gasteiger partial charge in [-0.15, -0.1) is 0 Å². The van der Waals surface area contributed by atoms with E-state index in [1.165, 1.54) is 18.4 Å². The molecule has 0 heterocycles. The average Bonchev–Trinajstić information content (AvgIpc) is 3.01. The second-order valence-corrected chi connectivity index (χ2v) is 4.12. The SMILES string of the molecule is NC(=S)NN=Cc1cccc(C2CC2)c1. The molecule has 3 N–H and O–H groups in total. The van der Waals surface area contributed by atoms with Gasteiger partial charge in [0.05, 0.1) is 6.21 Å². The summed E-state index contributed by atoms with van der Waals surface area (Å²) in [5.74, 6) is 0.766. The van der Waals surface area contributed by atoms with Crippen molar-refractivity contribution in [2.45, 2.75) is 18.8 Å². The number of nitrogens with zero attached hydrogens (tertiary/aromatic N) is 1. The van der Waals surface area contributed by atoms with Crippen molar-refractivity contribution >= 4 is 23.5 Å². The first-order valence-electron chi connectivity index (χ1n) is 4.94. The van der Waals surface area contributed by atoms with Crippen molar-refractivity contribution in [3.63, 3.8) is 0 Å². The van der Waals surface area contributed by atoms with Crippen LogP contribution in [0.25, 0.3) is 0 Å². The Morgan fingerprint density at radius 1 is 1.53 bits per heavy atom. The number of rotatable bonds is 3. The number of benzene rings is 1. The minimum absolute atomic E-state index is 0.185. The molecule has 0 aromatic heterocycles. The lowest BCUT2D eigenvalue weighted by Crippen LogP contribution is -2.23. The average molecular weight is 219 g/mol. The number of hydrazone groups is 1. The first kappa shape index (κ1) is 10.1. The molecule has 0 bridgehead atoms. The number of hydrogen-bond donors (Lipinski definition) is 2. The van der Waals surface area contributed by atoms with E-state index >= 15 is 0 Å². The fourth-order valence-corrected chi connectivity index (χ4v) is 1.53. The molecule has 15 heavy (non-hydrogen) atoms. The Bertz CT molecular complexity index is 397. The van der Waals surface area contributed by atoms with Crippen molar-refractivity contribution in [3.05, 3.63) is 35.4 Å². The third kappa shape index (κ3) is 3.02. The minimum Gasteiger partial charge on any atom is -0.375 e. The third-order valence-electron chi connectivity index (χ3n) is 2.35. The molecule has 1 aromatic rings. The summed E-state index contributed by atoms with van der Waals surface area (Å²) in [6, 6.07) is 8.38. The predicted molar refractivity (Wildman–Crippen MR) is 65.9 cm³/mol. The van der Waals surface area contributed by atoms with Crippen molar-refractivity contribution in [2.75, 3.05) is 0 Å². The Labute approximate surface area is 94.4 Å². The van der Waals surface area contributed by atoms with Gasteiger partial charge < -0.3 is 5.73 Å². The molecule has 0 spiro atoms. The summed E-state index contributed by atoms with van der Waals surface area (Å²) in [4.78, 5) is 0. The molecule has 1 saturated carbocycles. The molecular formula is C11H13N3S. The number of nitrogens with one attached hydrogen (secondary N) is 1. The fourth-order valence-electron chi connectivity index (χ4n) is 1.48. The van der Waals surface area contributed by atoms with Crippen molar-refractivity contribution in [1.82, 2.24) is 5.43 Å². The highest BCUT2D eigenvalue weighted by atomic mass is 32.1. The topological polar surface area (TPSA) is 50.4 Å². The maximum Gasteiger partial charge on any atom is 0.184 e. The van der Waals surface area contributed by atoms with Crippen LogP contribution in [0.1, 0.15) is 29.9 Å². The van der Waals surface area contributed by atoms with E-state index < -0.39 is 0 Å². The van der Waals surface area contributed by atoms with E-state index in [1.54, 1.807) is 6.21 Å². The molecule has 0 saturated heterocycles. The highest BCUT2D eigenvalue weighted by Gasteiger charge is 2.23. The van der Waals surface area contributed by atoms with Crippen LogP contribution in [0.5, 0.6) is 0 Å². The molecule has 0 aliphatic heterocycles. The minimum atomic E-state index is 0.185. The second kappa shape index (κ2) is 4.40. The Morgan fingerprint density at radius 2 is 2.33 bits per heavy atom. The lowest BCUT2D eigenvalue weighted by Gasteiger charge is -1.99. The molecular weight excluding hydrogens is 206 g/mol. The van der Waals surface area contributed by atoms with Crippen molar-refractivity contribution in [3.8, 4) is 0 Å². The van der Waals surface area contributed by atoms with Crippen molar-refractivity contribution < 1.29 is 0 Å². The van der Waals surface area contributed by atoms with Crippen molar-refractivity contribution in [1.29, 1.82) is 0 Å². The number of nitrogens with two attached hydrogens (primary N) is 1. The molecule has 4 heteroatoms. The quantitative estimate of drug-likeness (QED) is 0.462. The van der Waals surface area contributed by atoms with Crippen LogP contribution in [-0.2, 0) is 0 Å². The van der Waals surface area contributed by atoms with Gasteiger partial charge in [-0.2, -0.15) is 5.10 Å². The Hall–Kier alpha value is -1.42. The number of thiocarbonyl (C=S) groups is 1. The molecule has 0 amide bonds. The summed E-state index contributed by atoms with van der Waals surface area (Å²) in [7, 11) is 0. The largest absolute Gasteiger partial charge is 0.375 e. The zero-order chi connectivity index (χ0) is 10.7. The number of hydrogen-bond acceptors (Lipinski definition) is 2. The molecule has 78 valence electrons. The molecule has 1 aliphatic rings. The van der Waals surface area contributed by atoms with Crippen LogP contribution in [0.15, 0.2) is 29.4 Å². The molecule has 0 atom stereocenters. The van der Waals surface area contributed by atoms with Crippen LogP contribution in [0.3, 0.4) is 0 Å². The Balaban J connectivity index is 2.04. The van der Waals surface area contributed by atoms with Gasteiger partial charge in [0.15, 0.2) is 5.11 Å². The zero-order valence-corrected chi connectivity index (χ0v) is 9.13. The van der Waals surface area contributed by atoms with E-state index in [0.717, 1.165) is 11.5 Å². The monoisotopic (exact) mass is 219 g/mol. The van der Waals surface area contributed by atoms with E-state index in [2.05, 4.69) is 40.9 Å². The van der Waals surface area contributed by atoms with Crippen LogP contribution in [-0.4, -0.2) is 11.3 Å². The van der Waals surface area contributed by atoms with Crippen LogP contribution in [0.2, 0.25) is 0 Å². The van der Waals surface area contributed by atoms with Gasteiger partial charge in [-0.3, -0.25) is 5.43 Å². The Morgan fingerprint density at radius 3 is 3.00 bits per heavy atom. The van der Waals surface area contributed by atoms with Gasteiger partial charge >= 0.3 is 0 Å². The van der Waals surface area contributed by atoms with E-state index in [-0.39, 0.29) is 5.11 Å². The maximum absolute atomic E-state index is 5.25. The highest BCUT2D eigenvalue weighted by molar-refractivity contribution is 7.80. The zero-order valence-electron chi connectivity index (χ0n) is 8.31.